The van der Waals surface area contributed by atoms with Crippen LogP contribution in [0.25, 0.3) is 0 Å². The fourth-order valence-electron chi connectivity index (χ4n) is 1.81. The smallest absolute Gasteiger partial charge is 0.323 e. The van der Waals surface area contributed by atoms with E-state index in [2.05, 4.69) is 5.32 Å². The van der Waals surface area contributed by atoms with Gasteiger partial charge in [-0.3, -0.25) is 4.79 Å². The lowest BCUT2D eigenvalue weighted by Gasteiger charge is -2.37. The highest BCUT2D eigenvalue weighted by Crippen LogP contribution is 2.23. The van der Waals surface area contributed by atoms with Gasteiger partial charge in [0.2, 0.25) is 0 Å². The third-order valence-corrected chi connectivity index (χ3v) is 2.97. The van der Waals surface area contributed by atoms with Crippen molar-refractivity contribution in [2.75, 3.05) is 14.2 Å². The molecule has 0 radical (unpaired) electrons. The fourth-order valence-corrected chi connectivity index (χ4v) is 1.81. The molecular weight excluding hydrogens is 194 g/mol. The molecule has 0 amide bonds. The zero-order valence-corrected chi connectivity index (χ0v) is 9.95. The first-order valence-corrected chi connectivity index (χ1v) is 5.45. The summed E-state index contributed by atoms with van der Waals surface area (Å²) in [7, 11) is 3.15. The molecule has 0 aliphatic heterocycles. The molecule has 0 aromatic carbocycles. The number of carbonyl (C=O) groups is 1. The SMILES string of the molecule is COC(=O)C(NC1CC(OC)C1)C(C)C. The van der Waals surface area contributed by atoms with E-state index < -0.39 is 0 Å². The largest absolute Gasteiger partial charge is 0.468 e. The Morgan fingerprint density at radius 1 is 1.33 bits per heavy atom. The van der Waals surface area contributed by atoms with Crippen molar-refractivity contribution in [2.45, 2.75) is 44.9 Å². The molecule has 1 unspecified atom stereocenters. The highest BCUT2D eigenvalue weighted by atomic mass is 16.5. The minimum atomic E-state index is -0.196. The van der Waals surface area contributed by atoms with Crippen molar-refractivity contribution in [3.05, 3.63) is 0 Å². The molecule has 4 heteroatoms. The summed E-state index contributed by atoms with van der Waals surface area (Å²) in [6.07, 6.45) is 2.32. The second-order valence-electron chi connectivity index (χ2n) is 4.44. The van der Waals surface area contributed by atoms with E-state index in [1.807, 2.05) is 13.8 Å². The van der Waals surface area contributed by atoms with Gasteiger partial charge in [-0.05, 0) is 18.8 Å². The number of esters is 1. The van der Waals surface area contributed by atoms with Gasteiger partial charge in [-0.15, -0.1) is 0 Å². The summed E-state index contributed by atoms with van der Waals surface area (Å²) in [5.74, 6) is 0.0740. The van der Waals surface area contributed by atoms with E-state index in [1.165, 1.54) is 7.11 Å². The van der Waals surface area contributed by atoms with E-state index in [-0.39, 0.29) is 17.9 Å². The highest BCUT2D eigenvalue weighted by molar-refractivity contribution is 5.76. The summed E-state index contributed by atoms with van der Waals surface area (Å²) in [6.45, 7) is 4.03. The molecule has 0 aromatic rings. The third-order valence-electron chi connectivity index (χ3n) is 2.97. The fraction of sp³-hybridized carbons (Fsp3) is 0.909. The first kappa shape index (κ1) is 12.5. The van der Waals surface area contributed by atoms with Gasteiger partial charge in [0.15, 0.2) is 0 Å². The van der Waals surface area contributed by atoms with Crippen molar-refractivity contribution in [1.82, 2.24) is 5.32 Å². The Hall–Kier alpha value is -0.610. The second kappa shape index (κ2) is 5.47. The number of hydrogen-bond acceptors (Lipinski definition) is 4. The lowest BCUT2D eigenvalue weighted by atomic mass is 9.87. The van der Waals surface area contributed by atoms with E-state index in [9.17, 15) is 4.79 Å². The van der Waals surface area contributed by atoms with Crippen molar-refractivity contribution >= 4 is 5.97 Å². The zero-order valence-electron chi connectivity index (χ0n) is 9.95. The van der Waals surface area contributed by atoms with Crippen LogP contribution in [0.5, 0.6) is 0 Å². The van der Waals surface area contributed by atoms with Crippen LogP contribution < -0.4 is 5.32 Å². The summed E-state index contributed by atoms with van der Waals surface area (Å²) in [4.78, 5) is 11.5. The highest BCUT2D eigenvalue weighted by Gasteiger charge is 2.33. The minimum absolute atomic E-state index is 0.175. The van der Waals surface area contributed by atoms with E-state index >= 15 is 0 Å². The molecule has 4 nitrogen and oxygen atoms in total. The van der Waals surface area contributed by atoms with Gasteiger partial charge in [0, 0.05) is 13.2 Å². The lowest BCUT2D eigenvalue weighted by Crippen LogP contribution is -2.53. The van der Waals surface area contributed by atoms with Gasteiger partial charge in [-0.1, -0.05) is 13.8 Å². The summed E-state index contributed by atoms with van der Waals surface area (Å²) < 4.78 is 9.95. The Labute approximate surface area is 91.3 Å². The monoisotopic (exact) mass is 215 g/mol. The lowest BCUT2D eigenvalue weighted by molar-refractivity contribution is -0.145. The molecule has 0 heterocycles. The van der Waals surface area contributed by atoms with E-state index in [0.29, 0.717) is 12.1 Å². The first-order chi connectivity index (χ1) is 7.08. The van der Waals surface area contributed by atoms with Gasteiger partial charge in [0.25, 0.3) is 0 Å². The van der Waals surface area contributed by atoms with Gasteiger partial charge in [-0.2, -0.15) is 0 Å². The third kappa shape index (κ3) is 3.18. The van der Waals surface area contributed by atoms with Gasteiger partial charge in [-0.25, -0.2) is 0 Å². The molecule has 1 saturated carbocycles. The van der Waals surface area contributed by atoms with Gasteiger partial charge in [0.1, 0.15) is 6.04 Å². The average Bonchev–Trinajstić information content (AvgIpc) is 2.14. The molecule has 1 aliphatic rings. The van der Waals surface area contributed by atoms with E-state index in [4.69, 9.17) is 9.47 Å². The summed E-state index contributed by atoms with van der Waals surface area (Å²) in [5.41, 5.74) is 0. The van der Waals surface area contributed by atoms with Crippen molar-refractivity contribution in [3.8, 4) is 0 Å². The predicted octanol–water partition coefficient (Wildman–Crippen LogP) is 0.951. The molecule has 0 saturated heterocycles. The van der Waals surface area contributed by atoms with Crippen LogP contribution in [-0.2, 0) is 14.3 Å². The first-order valence-electron chi connectivity index (χ1n) is 5.45. The maximum absolute atomic E-state index is 11.5. The molecule has 15 heavy (non-hydrogen) atoms. The Bertz CT molecular complexity index is 212. The molecule has 0 aromatic heterocycles. The van der Waals surface area contributed by atoms with E-state index in [1.54, 1.807) is 7.11 Å². The van der Waals surface area contributed by atoms with Crippen molar-refractivity contribution in [3.63, 3.8) is 0 Å². The Kier molecular flexibility index (Phi) is 4.54. The number of rotatable bonds is 5. The summed E-state index contributed by atoms with van der Waals surface area (Å²) in [5, 5.41) is 3.31. The minimum Gasteiger partial charge on any atom is -0.468 e. The molecule has 1 fully saturated rings. The quantitative estimate of drug-likeness (QED) is 0.694. The van der Waals surface area contributed by atoms with Crippen LogP contribution in [0.1, 0.15) is 26.7 Å². The molecule has 1 N–H and O–H groups in total. The summed E-state index contributed by atoms with van der Waals surface area (Å²) >= 11 is 0. The standard InChI is InChI=1S/C11H21NO3/c1-7(2)10(11(13)15-4)12-8-5-9(6-8)14-3/h7-10,12H,5-6H2,1-4H3. The van der Waals surface area contributed by atoms with Crippen LogP contribution in [0, 0.1) is 5.92 Å². The van der Waals surface area contributed by atoms with Gasteiger partial charge >= 0.3 is 5.97 Å². The van der Waals surface area contributed by atoms with Crippen LogP contribution >= 0.6 is 0 Å². The van der Waals surface area contributed by atoms with Crippen LogP contribution in [0.4, 0.5) is 0 Å². The van der Waals surface area contributed by atoms with E-state index in [0.717, 1.165) is 12.8 Å². The van der Waals surface area contributed by atoms with Crippen molar-refractivity contribution in [1.29, 1.82) is 0 Å². The normalized spacial score (nSPS) is 27.3. The Morgan fingerprint density at radius 2 is 1.93 bits per heavy atom. The molecule has 0 spiro atoms. The number of hydrogen-bond donors (Lipinski definition) is 1. The van der Waals surface area contributed by atoms with Gasteiger partial charge < -0.3 is 14.8 Å². The zero-order chi connectivity index (χ0) is 11.4. The Balaban J connectivity index is 2.36. The van der Waals surface area contributed by atoms with Crippen LogP contribution in [0.2, 0.25) is 0 Å². The number of ether oxygens (including phenoxy) is 2. The van der Waals surface area contributed by atoms with Crippen molar-refractivity contribution < 1.29 is 14.3 Å². The second-order valence-corrected chi connectivity index (χ2v) is 4.44. The molecule has 88 valence electrons. The molecule has 1 rings (SSSR count). The number of carbonyl (C=O) groups excluding carboxylic acids is 1. The van der Waals surface area contributed by atoms with Crippen LogP contribution in [-0.4, -0.2) is 38.4 Å². The molecular formula is C11H21NO3. The molecule has 1 aliphatic carbocycles. The van der Waals surface area contributed by atoms with Gasteiger partial charge in [0.05, 0.1) is 13.2 Å². The molecule has 0 bridgehead atoms. The average molecular weight is 215 g/mol. The number of nitrogens with one attached hydrogen (secondary N) is 1. The Morgan fingerprint density at radius 3 is 2.33 bits per heavy atom. The van der Waals surface area contributed by atoms with Crippen LogP contribution in [0.15, 0.2) is 0 Å². The molecule has 1 atom stereocenters. The van der Waals surface area contributed by atoms with Crippen molar-refractivity contribution in [2.24, 2.45) is 5.92 Å². The predicted molar refractivity (Wildman–Crippen MR) is 57.6 cm³/mol. The maximum Gasteiger partial charge on any atom is 0.323 e. The summed E-state index contributed by atoms with van der Waals surface area (Å²) in [6, 6.07) is 0.194. The topological polar surface area (TPSA) is 47.6 Å². The number of methoxy groups -OCH3 is 2. The maximum atomic E-state index is 11.5. The van der Waals surface area contributed by atoms with Crippen LogP contribution in [0.3, 0.4) is 0 Å².